The molecule has 0 spiro atoms. The number of carbonyl (C=O) groups is 2. The van der Waals surface area contributed by atoms with Crippen LogP contribution in [-0.4, -0.2) is 74.3 Å². The van der Waals surface area contributed by atoms with Crippen LogP contribution in [0, 0.1) is 0 Å². The number of nitrogens with zero attached hydrogens (tertiary/aromatic N) is 1. The number of hydrogen-bond acceptors (Lipinski definition) is 6. The van der Waals surface area contributed by atoms with E-state index in [0.29, 0.717) is 23.9 Å². The van der Waals surface area contributed by atoms with E-state index in [1.807, 2.05) is 33.3 Å². The van der Waals surface area contributed by atoms with Crippen LogP contribution in [-0.2, 0) is 27.9 Å². The minimum Gasteiger partial charge on any atom is -0.456 e. The maximum atomic E-state index is 13.5. The Hall–Kier alpha value is -2.81. The van der Waals surface area contributed by atoms with Gasteiger partial charge in [0.1, 0.15) is 19.3 Å². The number of ether oxygens (including phenoxy) is 1. The van der Waals surface area contributed by atoms with Crippen LogP contribution in [0.1, 0.15) is 220 Å². The van der Waals surface area contributed by atoms with Crippen LogP contribution in [0.4, 0.5) is 0 Å². The third kappa shape index (κ3) is 48.2. The molecule has 0 saturated heterocycles. The topological polar surface area (TPSA) is 111 Å². The van der Waals surface area contributed by atoms with E-state index in [1.165, 1.54) is 51.4 Å². The maximum Gasteiger partial charge on any atom is 0.472 e. The Labute approximate surface area is 418 Å². The summed E-state index contributed by atoms with van der Waals surface area (Å²) < 4.78 is 30.5. The van der Waals surface area contributed by atoms with Gasteiger partial charge in [-0.05, 0) is 96.0 Å². The number of likely N-dealkylation sites (N-methyl/N-ethyl adjacent to an activating group) is 1. The van der Waals surface area contributed by atoms with E-state index in [4.69, 9.17) is 13.8 Å². The standard InChI is InChI=1S/C58H103N2O7P/c1-7-10-13-16-19-22-25-28-30-31-32-35-38-41-44-47-50-57(61)59-55(54-66-68(63,64)65-53-52-60(4,5)6)56(49-46-43-40-37-34-27-24-21-18-15-12-9-3)67-58(62)51-48-45-42-39-36-33-29-26-23-20-17-14-11-8-2/h10-11,13-14,19-20,22-23,28-30,33,46,49,55-56H,7-9,12,15-18,21,24-27,31-32,34-45,47-48,50-54H2,1-6H3,(H-,59,61,63,64)/p+1/b13-10+,14-11+,22-19+,23-20+,30-28+,33-29+,49-46+. The van der Waals surface area contributed by atoms with Gasteiger partial charge in [0, 0.05) is 12.8 Å². The summed E-state index contributed by atoms with van der Waals surface area (Å²) >= 11 is 0. The fraction of sp³-hybridized carbons (Fsp3) is 0.724. The van der Waals surface area contributed by atoms with Crippen LogP contribution in [0.3, 0.4) is 0 Å². The number of phosphoric acid groups is 1. The van der Waals surface area contributed by atoms with Crippen LogP contribution in [0.2, 0.25) is 0 Å². The number of amides is 1. The molecule has 0 radical (unpaired) electrons. The van der Waals surface area contributed by atoms with E-state index in [0.717, 1.165) is 128 Å². The minimum absolute atomic E-state index is 0.0298. The van der Waals surface area contributed by atoms with E-state index in [9.17, 15) is 19.0 Å². The monoisotopic (exact) mass is 972 g/mol. The Morgan fingerprint density at radius 1 is 0.529 bits per heavy atom. The second-order valence-electron chi connectivity index (χ2n) is 19.3. The van der Waals surface area contributed by atoms with Crippen molar-refractivity contribution in [2.24, 2.45) is 0 Å². The van der Waals surface area contributed by atoms with Gasteiger partial charge in [-0.15, -0.1) is 0 Å². The molecule has 0 rings (SSSR count). The number of carbonyl (C=O) groups excluding carboxylic acids is 2. The van der Waals surface area contributed by atoms with Crippen LogP contribution < -0.4 is 5.32 Å². The number of unbranched alkanes of at least 4 members (excludes halogenated alkanes) is 20. The molecule has 0 aromatic heterocycles. The molecule has 0 aliphatic heterocycles. The summed E-state index contributed by atoms with van der Waals surface area (Å²) in [6, 6.07) is -0.867. The van der Waals surface area contributed by atoms with Crippen molar-refractivity contribution in [1.29, 1.82) is 0 Å². The van der Waals surface area contributed by atoms with Crippen molar-refractivity contribution < 1.29 is 37.3 Å². The van der Waals surface area contributed by atoms with Crippen LogP contribution in [0.15, 0.2) is 85.1 Å². The zero-order valence-electron chi connectivity index (χ0n) is 44.6. The molecule has 10 heteroatoms. The lowest BCUT2D eigenvalue weighted by molar-refractivity contribution is -0.870. The lowest BCUT2D eigenvalue weighted by Crippen LogP contribution is -2.47. The Balaban J connectivity index is 5.45. The van der Waals surface area contributed by atoms with Crippen molar-refractivity contribution in [3.8, 4) is 0 Å². The van der Waals surface area contributed by atoms with Gasteiger partial charge in [0.2, 0.25) is 5.91 Å². The average molecular weight is 972 g/mol. The summed E-state index contributed by atoms with van der Waals surface area (Å²) in [5, 5.41) is 3.03. The molecule has 3 atom stereocenters. The molecule has 3 unspecified atom stereocenters. The van der Waals surface area contributed by atoms with Crippen LogP contribution >= 0.6 is 7.82 Å². The first kappa shape index (κ1) is 65.2. The van der Waals surface area contributed by atoms with Crippen molar-refractivity contribution >= 4 is 19.7 Å². The van der Waals surface area contributed by atoms with E-state index in [1.54, 1.807) is 0 Å². The Morgan fingerprint density at radius 2 is 0.941 bits per heavy atom. The zero-order valence-corrected chi connectivity index (χ0v) is 45.5. The summed E-state index contributed by atoms with van der Waals surface area (Å²) in [7, 11) is 1.46. The molecule has 0 saturated carbocycles. The molecule has 0 aromatic carbocycles. The highest BCUT2D eigenvalue weighted by molar-refractivity contribution is 7.47. The summed E-state index contributed by atoms with van der Waals surface area (Å²) in [5.41, 5.74) is 0. The fourth-order valence-corrected chi connectivity index (χ4v) is 8.11. The molecule has 0 aromatic rings. The van der Waals surface area contributed by atoms with Gasteiger partial charge in [-0.1, -0.05) is 196 Å². The van der Waals surface area contributed by atoms with Gasteiger partial charge in [-0.3, -0.25) is 18.6 Å². The smallest absolute Gasteiger partial charge is 0.456 e. The van der Waals surface area contributed by atoms with E-state index in [-0.39, 0.29) is 31.5 Å². The fourth-order valence-electron chi connectivity index (χ4n) is 7.38. The highest BCUT2D eigenvalue weighted by Gasteiger charge is 2.30. The summed E-state index contributed by atoms with van der Waals surface area (Å²) in [4.78, 5) is 37.5. The molecule has 0 aliphatic carbocycles. The highest BCUT2D eigenvalue weighted by atomic mass is 31.2. The Kier molecular flexibility index (Phi) is 45.9. The molecule has 1 amide bonds. The van der Waals surface area contributed by atoms with Crippen LogP contribution in [0.5, 0.6) is 0 Å². The van der Waals surface area contributed by atoms with Crippen molar-refractivity contribution in [3.05, 3.63) is 85.1 Å². The molecule has 2 N–H and O–H groups in total. The largest absolute Gasteiger partial charge is 0.472 e. The molecule has 0 fully saturated rings. The number of phosphoric ester groups is 1. The second-order valence-corrected chi connectivity index (χ2v) is 20.8. The number of hydrogen-bond donors (Lipinski definition) is 2. The molecule has 68 heavy (non-hydrogen) atoms. The number of quaternary nitrogens is 1. The van der Waals surface area contributed by atoms with Gasteiger partial charge in [0.25, 0.3) is 0 Å². The average Bonchev–Trinajstić information content (AvgIpc) is 3.29. The van der Waals surface area contributed by atoms with Crippen molar-refractivity contribution in [1.82, 2.24) is 5.32 Å². The predicted molar refractivity (Wildman–Crippen MR) is 291 cm³/mol. The van der Waals surface area contributed by atoms with Crippen molar-refractivity contribution in [2.75, 3.05) is 40.9 Å². The third-order valence-corrected chi connectivity index (χ3v) is 12.6. The number of esters is 1. The van der Waals surface area contributed by atoms with E-state index < -0.39 is 20.0 Å². The molecule has 9 nitrogen and oxygen atoms in total. The van der Waals surface area contributed by atoms with Crippen LogP contribution in [0.25, 0.3) is 0 Å². The zero-order chi connectivity index (χ0) is 50.1. The first-order chi connectivity index (χ1) is 32.9. The summed E-state index contributed by atoms with van der Waals surface area (Å²) in [5.74, 6) is -0.552. The lowest BCUT2D eigenvalue weighted by atomic mass is 10.0. The summed E-state index contributed by atoms with van der Waals surface area (Å²) in [6.45, 7) is 6.74. The first-order valence-corrected chi connectivity index (χ1v) is 28.9. The maximum absolute atomic E-state index is 13.5. The molecular formula is C58H104N2O7P+. The highest BCUT2D eigenvalue weighted by Crippen LogP contribution is 2.43. The first-order valence-electron chi connectivity index (χ1n) is 27.4. The molecule has 0 heterocycles. The van der Waals surface area contributed by atoms with Gasteiger partial charge in [-0.2, -0.15) is 0 Å². The molecule has 0 bridgehead atoms. The Bertz CT molecular complexity index is 1440. The third-order valence-electron chi connectivity index (χ3n) is 11.6. The molecular weight excluding hydrogens is 868 g/mol. The minimum atomic E-state index is -4.45. The lowest BCUT2D eigenvalue weighted by Gasteiger charge is -2.27. The quantitative estimate of drug-likeness (QED) is 0.0205. The second kappa shape index (κ2) is 47.8. The van der Waals surface area contributed by atoms with Gasteiger partial charge < -0.3 is 19.4 Å². The normalized spacial score (nSPS) is 14.5. The number of allylic oxidation sites excluding steroid dienone is 13. The number of nitrogens with one attached hydrogen (secondary N) is 1. The van der Waals surface area contributed by atoms with Gasteiger partial charge in [-0.25, -0.2) is 4.57 Å². The number of rotatable bonds is 48. The molecule has 392 valence electrons. The van der Waals surface area contributed by atoms with Gasteiger partial charge in [0.15, 0.2) is 0 Å². The molecule has 0 aliphatic rings. The van der Waals surface area contributed by atoms with Crippen molar-refractivity contribution in [2.45, 2.75) is 232 Å². The Morgan fingerprint density at radius 3 is 1.41 bits per heavy atom. The van der Waals surface area contributed by atoms with Gasteiger partial charge >= 0.3 is 13.8 Å². The van der Waals surface area contributed by atoms with E-state index >= 15 is 0 Å². The predicted octanol–water partition coefficient (Wildman–Crippen LogP) is 16.3. The van der Waals surface area contributed by atoms with Gasteiger partial charge in [0.05, 0.1) is 33.8 Å². The summed E-state index contributed by atoms with van der Waals surface area (Å²) in [6.07, 6.45) is 61.5. The van der Waals surface area contributed by atoms with Crippen molar-refractivity contribution in [3.63, 3.8) is 0 Å². The SMILES string of the molecule is CC/C=C/C/C=C/C/C=C/CCCCCCCCC(=O)NC(COP(=O)(O)OCC[N+](C)(C)C)C(/C=C/CCCCCCCCCCCC)OC(=O)CCCCCC/C=C/C/C=C/C/C=C/CC. The van der Waals surface area contributed by atoms with E-state index in [2.05, 4.69) is 99.0 Å².